The highest BCUT2D eigenvalue weighted by Crippen LogP contribution is 2.16. The molecule has 1 amide bonds. The minimum Gasteiger partial charge on any atom is -0.497 e. The predicted molar refractivity (Wildman–Crippen MR) is 83.8 cm³/mol. The molecule has 0 radical (unpaired) electrons. The summed E-state index contributed by atoms with van der Waals surface area (Å²) in [7, 11) is 1.63. The maximum atomic E-state index is 11.9. The van der Waals surface area contributed by atoms with Gasteiger partial charge in [0.1, 0.15) is 18.1 Å². The average Bonchev–Trinajstić information content (AvgIpc) is 2.42. The minimum absolute atomic E-state index is 0.00746. The van der Waals surface area contributed by atoms with Gasteiger partial charge in [0.05, 0.1) is 13.2 Å². The van der Waals surface area contributed by atoms with E-state index >= 15 is 0 Å². The Morgan fingerprint density at radius 3 is 2.29 bits per heavy atom. The van der Waals surface area contributed by atoms with Crippen molar-refractivity contribution in [1.82, 2.24) is 10.6 Å². The van der Waals surface area contributed by atoms with Gasteiger partial charge in [0.15, 0.2) is 0 Å². The largest absolute Gasteiger partial charge is 0.497 e. The van der Waals surface area contributed by atoms with E-state index in [1.54, 1.807) is 7.11 Å². The van der Waals surface area contributed by atoms with Gasteiger partial charge in [-0.05, 0) is 52.0 Å². The van der Waals surface area contributed by atoms with Crippen LogP contribution < -0.4 is 20.1 Å². The molecule has 0 fully saturated rings. The fraction of sp³-hybridized carbons (Fsp3) is 0.562. The maximum absolute atomic E-state index is 11.9. The molecule has 0 aliphatic rings. The quantitative estimate of drug-likeness (QED) is 0.755. The zero-order valence-corrected chi connectivity index (χ0v) is 13.5. The standard InChI is InChI=1S/C16H26N2O3/c1-12(15(19)18-16(2,3)4)17-10-11-21-14-8-6-13(20-5)7-9-14/h6-9,12,17H,10-11H2,1-5H3,(H,18,19). The summed E-state index contributed by atoms with van der Waals surface area (Å²) in [6, 6.07) is 7.16. The van der Waals surface area contributed by atoms with Crippen LogP contribution in [0.5, 0.6) is 11.5 Å². The number of carbonyl (C=O) groups is 1. The van der Waals surface area contributed by atoms with E-state index in [-0.39, 0.29) is 17.5 Å². The van der Waals surface area contributed by atoms with E-state index in [2.05, 4.69) is 10.6 Å². The molecule has 1 rings (SSSR count). The summed E-state index contributed by atoms with van der Waals surface area (Å²) in [6.07, 6.45) is 0. The summed E-state index contributed by atoms with van der Waals surface area (Å²) in [6.45, 7) is 8.83. The minimum atomic E-state index is -0.247. The molecule has 0 saturated heterocycles. The smallest absolute Gasteiger partial charge is 0.237 e. The average molecular weight is 294 g/mol. The first kappa shape index (κ1) is 17.3. The van der Waals surface area contributed by atoms with Crippen molar-refractivity contribution in [2.45, 2.75) is 39.3 Å². The van der Waals surface area contributed by atoms with Crippen LogP contribution in [-0.4, -0.2) is 37.7 Å². The zero-order valence-electron chi connectivity index (χ0n) is 13.5. The molecule has 1 atom stereocenters. The molecule has 0 spiro atoms. The Morgan fingerprint density at radius 1 is 1.19 bits per heavy atom. The van der Waals surface area contributed by atoms with Gasteiger partial charge in [-0.25, -0.2) is 0 Å². The molecule has 118 valence electrons. The number of hydrogen-bond acceptors (Lipinski definition) is 4. The monoisotopic (exact) mass is 294 g/mol. The van der Waals surface area contributed by atoms with E-state index in [4.69, 9.17) is 9.47 Å². The van der Waals surface area contributed by atoms with Crippen LogP contribution in [0.15, 0.2) is 24.3 Å². The lowest BCUT2D eigenvalue weighted by atomic mass is 10.1. The SMILES string of the molecule is COc1ccc(OCCNC(C)C(=O)NC(C)(C)C)cc1. The highest BCUT2D eigenvalue weighted by Gasteiger charge is 2.18. The van der Waals surface area contributed by atoms with Crippen molar-refractivity contribution in [3.05, 3.63) is 24.3 Å². The second-order valence-corrected chi connectivity index (χ2v) is 5.94. The summed E-state index contributed by atoms with van der Waals surface area (Å²) >= 11 is 0. The normalized spacial score (nSPS) is 12.6. The van der Waals surface area contributed by atoms with Gasteiger partial charge in [0.25, 0.3) is 0 Å². The Balaban J connectivity index is 2.25. The van der Waals surface area contributed by atoms with Gasteiger partial charge in [0, 0.05) is 12.1 Å². The van der Waals surface area contributed by atoms with E-state index in [9.17, 15) is 4.79 Å². The van der Waals surface area contributed by atoms with E-state index in [1.807, 2.05) is 52.0 Å². The highest BCUT2D eigenvalue weighted by atomic mass is 16.5. The van der Waals surface area contributed by atoms with Crippen LogP contribution in [0.3, 0.4) is 0 Å². The van der Waals surface area contributed by atoms with Gasteiger partial charge < -0.3 is 20.1 Å². The molecule has 0 aromatic heterocycles. The molecule has 0 saturated carbocycles. The van der Waals surface area contributed by atoms with Crippen molar-refractivity contribution in [2.24, 2.45) is 0 Å². The van der Waals surface area contributed by atoms with Crippen molar-refractivity contribution in [1.29, 1.82) is 0 Å². The third kappa shape index (κ3) is 6.99. The molecule has 0 aliphatic heterocycles. The molecule has 21 heavy (non-hydrogen) atoms. The molecular weight excluding hydrogens is 268 g/mol. The molecule has 0 bridgehead atoms. The summed E-state index contributed by atoms with van der Waals surface area (Å²) < 4.78 is 10.7. The van der Waals surface area contributed by atoms with Crippen LogP contribution in [0.25, 0.3) is 0 Å². The van der Waals surface area contributed by atoms with Crippen LogP contribution in [0.1, 0.15) is 27.7 Å². The van der Waals surface area contributed by atoms with Crippen LogP contribution in [0, 0.1) is 0 Å². The summed E-state index contributed by atoms with van der Waals surface area (Å²) in [5.74, 6) is 1.57. The Labute approximate surface area is 127 Å². The third-order valence-corrected chi connectivity index (χ3v) is 2.77. The Kier molecular flexibility index (Phi) is 6.49. The molecule has 1 aromatic rings. The fourth-order valence-electron chi connectivity index (χ4n) is 1.69. The van der Waals surface area contributed by atoms with E-state index in [1.165, 1.54) is 0 Å². The van der Waals surface area contributed by atoms with Crippen molar-refractivity contribution >= 4 is 5.91 Å². The summed E-state index contributed by atoms with van der Waals surface area (Å²) in [5, 5.41) is 6.07. The van der Waals surface area contributed by atoms with Gasteiger partial charge in [-0.2, -0.15) is 0 Å². The van der Waals surface area contributed by atoms with Gasteiger partial charge in [-0.3, -0.25) is 4.79 Å². The van der Waals surface area contributed by atoms with Crippen LogP contribution in [0.2, 0.25) is 0 Å². The van der Waals surface area contributed by atoms with Gasteiger partial charge in [-0.15, -0.1) is 0 Å². The van der Waals surface area contributed by atoms with E-state index < -0.39 is 0 Å². The molecule has 1 aromatic carbocycles. The highest BCUT2D eigenvalue weighted by molar-refractivity contribution is 5.81. The van der Waals surface area contributed by atoms with Crippen LogP contribution in [0.4, 0.5) is 0 Å². The molecule has 1 unspecified atom stereocenters. The number of carbonyl (C=O) groups excluding carboxylic acids is 1. The molecular formula is C16H26N2O3. The number of benzene rings is 1. The third-order valence-electron chi connectivity index (χ3n) is 2.77. The Morgan fingerprint density at radius 2 is 1.76 bits per heavy atom. The van der Waals surface area contributed by atoms with E-state index in [0.29, 0.717) is 13.2 Å². The van der Waals surface area contributed by atoms with Crippen molar-refractivity contribution < 1.29 is 14.3 Å². The summed E-state index contributed by atoms with van der Waals surface area (Å²) in [5.41, 5.74) is -0.216. The first-order chi connectivity index (χ1) is 9.81. The van der Waals surface area contributed by atoms with Crippen molar-refractivity contribution in [3.8, 4) is 11.5 Å². The van der Waals surface area contributed by atoms with Crippen molar-refractivity contribution in [3.63, 3.8) is 0 Å². The zero-order chi connectivity index (χ0) is 15.9. The molecule has 5 heteroatoms. The first-order valence-corrected chi connectivity index (χ1v) is 7.14. The fourth-order valence-corrected chi connectivity index (χ4v) is 1.69. The Bertz CT molecular complexity index is 438. The van der Waals surface area contributed by atoms with Crippen LogP contribution in [-0.2, 0) is 4.79 Å². The molecule has 2 N–H and O–H groups in total. The summed E-state index contributed by atoms with van der Waals surface area (Å²) in [4.78, 5) is 11.9. The second-order valence-electron chi connectivity index (χ2n) is 5.94. The van der Waals surface area contributed by atoms with Gasteiger partial charge in [0.2, 0.25) is 5.91 Å². The molecule has 5 nitrogen and oxygen atoms in total. The number of amides is 1. The lowest BCUT2D eigenvalue weighted by Gasteiger charge is -2.23. The number of rotatable bonds is 7. The molecule has 0 aliphatic carbocycles. The predicted octanol–water partition coefficient (Wildman–Crippen LogP) is 1.97. The van der Waals surface area contributed by atoms with Gasteiger partial charge >= 0.3 is 0 Å². The lowest BCUT2D eigenvalue weighted by Crippen LogP contribution is -2.50. The maximum Gasteiger partial charge on any atom is 0.237 e. The number of nitrogens with one attached hydrogen (secondary N) is 2. The molecule has 0 heterocycles. The Hall–Kier alpha value is -1.75. The lowest BCUT2D eigenvalue weighted by molar-refractivity contribution is -0.124. The number of hydrogen-bond donors (Lipinski definition) is 2. The second kappa shape index (κ2) is 7.88. The topological polar surface area (TPSA) is 59.6 Å². The van der Waals surface area contributed by atoms with Crippen molar-refractivity contribution in [2.75, 3.05) is 20.3 Å². The number of methoxy groups -OCH3 is 1. The number of ether oxygens (including phenoxy) is 2. The van der Waals surface area contributed by atoms with E-state index in [0.717, 1.165) is 11.5 Å². The van der Waals surface area contributed by atoms with Gasteiger partial charge in [-0.1, -0.05) is 0 Å². The van der Waals surface area contributed by atoms with Crippen LogP contribution >= 0.6 is 0 Å². The first-order valence-electron chi connectivity index (χ1n) is 7.14.